The van der Waals surface area contributed by atoms with Gasteiger partial charge in [-0.2, -0.15) is 0 Å². The van der Waals surface area contributed by atoms with Gasteiger partial charge in [0.15, 0.2) is 0 Å². The first-order valence-electron chi connectivity index (χ1n) is 5.75. The van der Waals surface area contributed by atoms with Crippen molar-refractivity contribution in [2.24, 2.45) is 0 Å². The van der Waals surface area contributed by atoms with Crippen LogP contribution in [0.15, 0.2) is 42.5 Å². The third-order valence-corrected chi connectivity index (χ3v) is 2.88. The second kappa shape index (κ2) is 4.92. The number of phenolic OH excluding ortho intramolecular Hbond substituents is 1. The fourth-order valence-electron chi connectivity index (χ4n) is 1.74. The number of amides is 1. The average molecular weight is 241 g/mol. The second-order valence-corrected chi connectivity index (χ2v) is 4.24. The number of aromatic hydroxyl groups is 1. The molecule has 0 unspecified atom stereocenters. The first-order valence-corrected chi connectivity index (χ1v) is 5.75. The monoisotopic (exact) mass is 241 g/mol. The van der Waals surface area contributed by atoms with Gasteiger partial charge in [-0.3, -0.25) is 4.79 Å². The molecule has 0 radical (unpaired) electrons. The van der Waals surface area contributed by atoms with Crippen molar-refractivity contribution in [1.29, 1.82) is 0 Å². The fraction of sp³-hybridized carbons (Fsp3) is 0.133. The molecule has 0 fully saturated rings. The van der Waals surface area contributed by atoms with E-state index in [0.29, 0.717) is 11.1 Å². The molecule has 0 saturated carbocycles. The Labute approximate surface area is 106 Å². The molecule has 0 bridgehead atoms. The summed E-state index contributed by atoms with van der Waals surface area (Å²) in [6.07, 6.45) is 0. The Kier molecular flexibility index (Phi) is 3.33. The van der Waals surface area contributed by atoms with Crippen molar-refractivity contribution in [3.8, 4) is 5.75 Å². The Hall–Kier alpha value is -2.29. The molecule has 18 heavy (non-hydrogen) atoms. The van der Waals surface area contributed by atoms with E-state index in [1.54, 1.807) is 25.1 Å². The summed E-state index contributed by atoms with van der Waals surface area (Å²) in [6, 6.07) is 12.7. The molecule has 92 valence electrons. The van der Waals surface area contributed by atoms with Crippen LogP contribution in [0.25, 0.3) is 0 Å². The Morgan fingerprint density at radius 3 is 2.39 bits per heavy atom. The van der Waals surface area contributed by atoms with Gasteiger partial charge in [0, 0.05) is 5.69 Å². The summed E-state index contributed by atoms with van der Waals surface area (Å²) in [5.41, 5.74) is 2.71. The topological polar surface area (TPSA) is 49.3 Å². The molecular formula is C15H15NO2. The van der Waals surface area contributed by atoms with Gasteiger partial charge in [0.2, 0.25) is 0 Å². The summed E-state index contributed by atoms with van der Waals surface area (Å²) in [5.74, 6) is -0.269. The van der Waals surface area contributed by atoms with Gasteiger partial charge in [-0.1, -0.05) is 30.3 Å². The molecule has 2 N–H and O–H groups in total. The molecule has 0 atom stereocenters. The number of phenols is 1. The summed E-state index contributed by atoms with van der Waals surface area (Å²) in [4.78, 5) is 12.1. The molecule has 0 heterocycles. The minimum atomic E-state index is -0.300. The van der Waals surface area contributed by atoms with Crippen molar-refractivity contribution in [2.75, 3.05) is 5.32 Å². The number of anilines is 1. The highest BCUT2D eigenvalue weighted by molar-refractivity contribution is 6.06. The molecule has 3 nitrogen and oxygen atoms in total. The normalized spacial score (nSPS) is 10.1. The fourth-order valence-corrected chi connectivity index (χ4v) is 1.74. The van der Waals surface area contributed by atoms with E-state index in [9.17, 15) is 9.90 Å². The molecular weight excluding hydrogens is 226 g/mol. The highest BCUT2D eigenvalue weighted by Crippen LogP contribution is 2.23. The summed E-state index contributed by atoms with van der Waals surface area (Å²) in [7, 11) is 0. The van der Waals surface area contributed by atoms with Crippen LogP contribution in [0.5, 0.6) is 5.75 Å². The molecule has 2 rings (SSSR count). The number of nitrogens with one attached hydrogen (secondary N) is 1. The van der Waals surface area contributed by atoms with Gasteiger partial charge in [0.25, 0.3) is 5.91 Å². The van der Waals surface area contributed by atoms with Crippen molar-refractivity contribution in [3.05, 3.63) is 59.2 Å². The molecule has 0 aliphatic heterocycles. The van der Waals surface area contributed by atoms with E-state index in [-0.39, 0.29) is 11.7 Å². The van der Waals surface area contributed by atoms with E-state index in [1.807, 2.05) is 31.2 Å². The van der Waals surface area contributed by atoms with Gasteiger partial charge in [-0.15, -0.1) is 0 Å². The zero-order valence-electron chi connectivity index (χ0n) is 10.4. The van der Waals surface area contributed by atoms with E-state index in [2.05, 4.69) is 5.32 Å². The van der Waals surface area contributed by atoms with Crippen LogP contribution in [-0.2, 0) is 0 Å². The maximum Gasteiger partial charge on any atom is 0.259 e. The first kappa shape index (κ1) is 12.2. The number of rotatable bonds is 2. The molecule has 3 heteroatoms. The van der Waals surface area contributed by atoms with Crippen LogP contribution < -0.4 is 5.32 Å². The minimum absolute atomic E-state index is 0.0311. The summed E-state index contributed by atoms with van der Waals surface area (Å²) in [5, 5.41) is 12.7. The Balaban J connectivity index is 2.28. The van der Waals surface area contributed by atoms with Crippen LogP contribution in [-0.4, -0.2) is 11.0 Å². The molecule has 0 spiro atoms. The van der Waals surface area contributed by atoms with E-state index in [0.717, 1.165) is 11.3 Å². The third-order valence-electron chi connectivity index (χ3n) is 2.88. The zero-order chi connectivity index (χ0) is 13.1. The Bertz CT molecular complexity index is 591. The number of benzene rings is 2. The molecule has 2 aromatic rings. The highest BCUT2D eigenvalue weighted by atomic mass is 16.3. The van der Waals surface area contributed by atoms with Gasteiger partial charge in [0.05, 0.1) is 5.56 Å². The number of aryl methyl sites for hydroxylation is 2. The van der Waals surface area contributed by atoms with E-state index < -0.39 is 0 Å². The molecule has 0 aromatic heterocycles. The van der Waals surface area contributed by atoms with Crippen LogP contribution in [0, 0.1) is 13.8 Å². The van der Waals surface area contributed by atoms with Crippen molar-refractivity contribution in [2.45, 2.75) is 13.8 Å². The predicted molar refractivity (Wildman–Crippen MR) is 72.0 cm³/mol. The lowest BCUT2D eigenvalue weighted by molar-refractivity contribution is 0.102. The number of carbonyl (C=O) groups excluding carboxylic acids is 1. The van der Waals surface area contributed by atoms with Crippen LogP contribution in [0.2, 0.25) is 0 Å². The summed E-state index contributed by atoms with van der Waals surface area (Å²) >= 11 is 0. The number of hydrogen-bond acceptors (Lipinski definition) is 2. The van der Waals surface area contributed by atoms with Gasteiger partial charge in [0.1, 0.15) is 5.75 Å². The second-order valence-electron chi connectivity index (χ2n) is 4.24. The summed E-state index contributed by atoms with van der Waals surface area (Å²) in [6.45, 7) is 3.69. The van der Waals surface area contributed by atoms with Gasteiger partial charge >= 0.3 is 0 Å². The van der Waals surface area contributed by atoms with E-state index in [1.165, 1.54) is 0 Å². The molecule has 2 aromatic carbocycles. The molecule has 0 aliphatic carbocycles. The maximum atomic E-state index is 12.1. The largest absolute Gasteiger partial charge is 0.507 e. The minimum Gasteiger partial charge on any atom is -0.507 e. The van der Waals surface area contributed by atoms with Gasteiger partial charge in [-0.25, -0.2) is 0 Å². The lowest BCUT2D eigenvalue weighted by atomic mass is 10.1. The highest BCUT2D eigenvalue weighted by Gasteiger charge is 2.13. The average Bonchev–Trinajstić information content (AvgIpc) is 2.35. The Morgan fingerprint density at radius 2 is 1.67 bits per heavy atom. The van der Waals surface area contributed by atoms with E-state index >= 15 is 0 Å². The standard InChI is InChI=1S/C15H15NO2/c1-10-6-3-4-9-13(10)16-15(18)12-8-5-7-11(2)14(12)17/h3-9,17H,1-2H3,(H,16,18). The number of carbonyl (C=O) groups is 1. The van der Waals surface area contributed by atoms with Gasteiger partial charge in [-0.05, 0) is 37.1 Å². The maximum absolute atomic E-state index is 12.1. The summed E-state index contributed by atoms with van der Waals surface area (Å²) < 4.78 is 0. The third kappa shape index (κ3) is 2.35. The number of para-hydroxylation sites is 2. The number of hydrogen-bond donors (Lipinski definition) is 2. The SMILES string of the molecule is Cc1ccccc1NC(=O)c1cccc(C)c1O. The first-order chi connectivity index (χ1) is 8.59. The van der Waals surface area contributed by atoms with Crippen molar-refractivity contribution in [1.82, 2.24) is 0 Å². The van der Waals surface area contributed by atoms with Crippen LogP contribution in [0.4, 0.5) is 5.69 Å². The molecule has 0 aliphatic rings. The quantitative estimate of drug-likeness (QED) is 0.847. The van der Waals surface area contributed by atoms with Gasteiger partial charge < -0.3 is 10.4 Å². The predicted octanol–water partition coefficient (Wildman–Crippen LogP) is 3.26. The van der Waals surface area contributed by atoms with E-state index in [4.69, 9.17) is 0 Å². The van der Waals surface area contributed by atoms with Crippen LogP contribution >= 0.6 is 0 Å². The van der Waals surface area contributed by atoms with Crippen LogP contribution in [0.3, 0.4) is 0 Å². The van der Waals surface area contributed by atoms with Crippen molar-refractivity contribution in [3.63, 3.8) is 0 Å². The molecule has 1 amide bonds. The van der Waals surface area contributed by atoms with Crippen molar-refractivity contribution < 1.29 is 9.90 Å². The van der Waals surface area contributed by atoms with Crippen molar-refractivity contribution >= 4 is 11.6 Å². The lowest BCUT2D eigenvalue weighted by Crippen LogP contribution is -2.13. The lowest BCUT2D eigenvalue weighted by Gasteiger charge is -2.10. The van der Waals surface area contributed by atoms with Crippen LogP contribution in [0.1, 0.15) is 21.5 Å². The molecule has 0 saturated heterocycles. The zero-order valence-corrected chi connectivity index (χ0v) is 10.4. The smallest absolute Gasteiger partial charge is 0.259 e. The Morgan fingerprint density at radius 1 is 1.00 bits per heavy atom.